The molecular formula is C30H38O8. The van der Waals surface area contributed by atoms with E-state index in [9.17, 15) is 19.5 Å². The third-order valence-electron chi connectivity index (χ3n) is 6.91. The Morgan fingerprint density at radius 1 is 1.05 bits per heavy atom. The van der Waals surface area contributed by atoms with Gasteiger partial charge in [0.15, 0.2) is 11.6 Å². The minimum absolute atomic E-state index is 0.000182. The summed E-state index contributed by atoms with van der Waals surface area (Å²) in [4.78, 5) is 35.4. The van der Waals surface area contributed by atoms with E-state index in [0.29, 0.717) is 72.6 Å². The lowest BCUT2D eigenvalue weighted by Gasteiger charge is -2.37. The summed E-state index contributed by atoms with van der Waals surface area (Å²) in [6.07, 6.45) is 5.02. The summed E-state index contributed by atoms with van der Waals surface area (Å²) >= 11 is 0. The minimum Gasteiger partial charge on any atom is -0.507 e. The highest BCUT2D eigenvalue weighted by molar-refractivity contribution is 6.00. The molecule has 1 unspecified atom stereocenters. The second kappa shape index (κ2) is 13.3. The molecule has 2 aromatic rings. The third-order valence-corrected chi connectivity index (χ3v) is 6.91. The van der Waals surface area contributed by atoms with Crippen LogP contribution in [0.15, 0.2) is 30.3 Å². The van der Waals surface area contributed by atoms with E-state index in [4.69, 9.17) is 19.3 Å². The lowest BCUT2D eigenvalue weighted by Crippen LogP contribution is -2.41. The fraction of sp³-hybridized carbons (Fsp3) is 0.500. The summed E-state index contributed by atoms with van der Waals surface area (Å²) < 4.78 is 18.0. The molecule has 1 atom stereocenters. The van der Waals surface area contributed by atoms with Crippen molar-refractivity contribution in [1.29, 1.82) is 0 Å². The number of rotatable bonds is 15. The number of ketones is 2. The number of carboxylic acid groups (broad SMARTS) is 1. The van der Waals surface area contributed by atoms with Crippen molar-refractivity contribution in [2.75, 3.05) is 13.2 Å². The zero-order chi connectivity index (χ0) is 27.7. The lowest BCUT2D eigenvalue weighted by atomic mass is 9.84. The summed E-state index contributed by atoms with van der Waals surface area (Å²) in [5.41, 5.74) is 0.885. The number of Topliss-reactive ketones (excluding diaryl/α,β-unsaturated/α-hetero) is 2. The van der Waals surface area contributed by atoms with Crippen LogP contribution < -0.4 is 14.2 Å². The smallest absolute Gasteiger partial charge is 0.303 e. The summed E-state index contributed by atoms with van der Waals surface area (Å²) in [6, 6.07) is 8.48. The summed E-state index contributed by atoms with van der Waals surface area (Å²) in [5.74, 6) is 0.623. The van der Waals surface area contributed by atoms with Crippen molar-refractivity contribution >= 4 is 17.5 Å². The van der Waals surface area contributed by atoms with Gasteiger partial charge in [0.25, 0.3) is 0 Å². The topological polar surface area (TPSA) is 119 Å². The van der Waals surface area contributed by atoms with E-state index in [1.807, 2.05) is 13.8 Å². The normalized spacial score (nSPS) is 16.4. The Balaban J connectivity index is 1.58. The first-order chi connectivity index (χ1) is 18.2. The number of aromatic hydroxyl groups is 1. The Hall–Kier alpha value is -3.55. The van der Waals surface area contributed by atoms with Gasteiger partial charge in [0.2, 0.25) is 0 Å². The molecule has 0 aromatic heterocycles. The average Bonchev–Trinajstić information content (AvgIpc) is 2.87. The van der Waals surface area contributed by atoms with Crippen LogP contribution in [0.3, 0.4) is 0 Å². The van der Waals surface area contributed by atoms with Gasteiger partial charge < -0.3 is 24.4 Å². The lowest BCUT2D eigenvalue weighted by molar-refractivity contribution is -0.137. The van der Waals surface area contributed by atoms with Gasteiger partial charge in [-0.1, -0.05) is 20.3 Å². The zero-order valence-corrected chi connectivity index (χ0v) is 22.5. The highest BCUT2D eigenvalue weighted by Gasteiger charge is 2.38. The van der Waals surface area contributed by atoms with Gasteiger partial charge >= 0.3 is 5.97 Å². The van der Waals surface area contributed by atoms with Crippen LogP contribution in [0.2, 0.25) is 0 Å². The van der Waals surface area contributed by atoms with Gasteiger partial charge in [-0.3, -0.25) is 14.4 Å². The van der Waals surface area contributed by atoms with E-state index in [1.165, 1.54) is 6.92 Å². The molecule has 0 bridgehead atoms. The molecule has 0 saturated carbocycles. The van der Waals surface area contributed by atoms with Crippen LogP contribution in [-0.2, 0) is 11.2 Å². The second-order valence-electron chi connectivity index (χ2n) is 9.79. The molecular weight excluding hydrogens is 488 g/mol. The summed E-state index contributed by atoms with van der Waals surface area (Å²) in [5, 5.41) is 19.3. The maximum absolute atomic E-state index is 12.9. The largest absolute Gasteiger partial charge is 0.507 e. The first-order valence-corrected chi connectivity index (χ1v) is 13.4. The van der Waals surface area contributed by atoms with E-state index in [1.54, 1.807) is 30.3 Å². The van der Waals surface area contributed by atoms with Crippen LogP contribution >= 0.6 is 0 Å². The van der Waals surface area contributed by atoms with Crippen LogP contribution in [0, 0.1) is 0 Å². The van der Waals surface area contributed by atoms with E-state index in [-0.39, 0.29) is 30.3 Å². The molecule has 1 heterocycles. The monoisotopic (exact) mass is 526 g/mol. The van der Waals surface area contributed by atoms with Gasteiger partial charge in [0.1, 0.15) is 28.6 Å². The molecule has 0 aliphatic carbocycles. The summed E-state index contributed by atoms with van der Waals surface area (Å²) in [6.45, 7) is 6.16. The van der Waals surface area contributed by atoms with Crippen LogP contribution in [0.4, 0.5) is 0 Å². The van der Waals surface area contributed by atoms with Gasteiger partial charge in [-0.05, 0) is 69.7 Å². The molecule has 3 rings (SSSR count). The Bertz CT molecular complexity index is 1160. The number of phenolic OH excluding ortho intramolecular Hbond substituents is 1. The highest BCUT2D eigenvalue weighted by atomic mass is 16.5. The molecule has 8 nitrogen and oxygen atoms in total. The Kier molecular flexibility index (Phi) is 10.2. The predicted molar refractivity (Wildman–Crippen MR) is 143 cm³/mol. The number of unbranched alkanes of at least 4 members (excludes halogenated alkanes) is 1. The number of phenols is 1. The maximum atomic E-state index is 12.9. The number of ether oxygens (including phenoxy) is 3. The average molecular weight is 527 g/mol. The van der Waals surface area contributed by atoms with Crippen LogP contribution in [0.5, 0.6) is 23.0 Å². The third kappa shape index (κ3) is 7.27. The molecule has 0 spiro atoms. The summed E-state index contributed by atoms with van der Waals surface area (Å²) in [7, 11) is 0. The van der Waals surface area contributed by atoms with Gasteiger partial charge in [-0.25, -0.2) is 0 Å². The zero-order valence-electron chi connectivity index (χ0n) is 22.5. The number of hydrogen-bond acceptors (Lipinski definition) is 7. The van der Waals surface area contributed by atoms with Gasteiger partial charge in [-0.15, -0.1) is 0 Å². The van der Waals surface area contributed by atoms with Gasteiger partial charge in [0.05, 0.1) is 30.8 Å². The number of hydrogen-bond donors (Lipinski definition) is 2. The molecule has 206 valence electrons. The molecule has 0 saturated heterocycles. The second-order valence-corrected chi connectivity index (χ2v) is 9.79. The molecule has 38 heavy (non-hydrogen) atoms. The van der Waals surface area contributed by atoms with Crippen molar-refractivity contribution in [3.8, 4) is 23.0 Å². The molecule has 0 fully saturated rings. The van der Waals surface area contributed by atoms with E-state index in [0.717, 1.165) is 19.3 Å². The molecule has 0 radical (unpaired) electrons. The van der Waals surface area contributed by atoms with E-state index < -0.39 is 11.6 Å². The standard InChI is InChI=1S/C30H38O8/c1-4-9-24-26(14-13-22(20(3)31)29(24)35)37-16-7-6-15-30(5-2)19-25(32)23-12-11-21(18-27(23)38-30)36-17-8-10-28(33)34/h11-14,18,35H,4-10,15-17,19H2,1-3H3,(H,33,34). The Morgan fingerprint density at radius 3 is 2.50 bits per heavy atom. The van der Waals surface area contributed by atoms with Gasteiger partial charge in [-0.2, -0.15) is 0 Å². The molecule has 2 N–H and O–H groups in total. The number of carbonyl (C=O) groups excluding carboxylic acids is 2. The number of carbonyl (C=O) groups is 3. The molecule has 2 aromatic carbocycles. The fourth-order valence-electron chi connectivity index (χ4n) is 4.75. The molecule has 8 heteroatoms. The SMILES string of the molecule is CCCc1c(OCCCCC2(CC)CC(=O)c3ccc(OCCCC(=O)O)cc3O2)ccc(C(C)=O)c1O. The maximum Gasteiger partial charge on any atom is 0.303 e. The number of fused-ring (bicyclic) bond motifs is 1. The van der Waals surface area contributed by atoms with Crippen molar-refractivity contribution in [1.82, 2.24) is 0 Å². The van der Waals surface area contributed by atoms with E-state index >= 15 is 0 Å². The van der Waals surface area contributed by atoms with Crippen molar-refractivity contribution in [2.45, 2.75) is 84.2 Å². The fourth-order valence-corrected chi connectivity index (χ4v) is 4.75. The van der Waals surface area contributed by atoms with Crippen molar-refractivity contribution < 1.29 is 38.8 Å². The number of benzene rings is 2. The predicted octanol–water partition coefficient (Wildman–Crippen LogP) is 6.15. The molecule has 1 aliphatic heterocycles. The van der Waals surface area contributed by atoms with Crippen molar-refractivity contribution in [3.63, 3.8) is 0 Å². The Labute approximate surface area is 223 Å². The first-order valence-electron chi connectivity index (χ1n) is 13.4. The van der Waals surface area contributed by atoms with Crippen molar-refractivity contribution in [2.24, 2.45) is 0 Å². The number of carboxylic acids is 1. The van der Waals surface area contributed by atoms with Crippen LogP contribution in [-0.4, -0.2) is 46.6 Å². The quantitative estimate of drug-likeness (QED) is 0.209. The minimum atomic E-state index is -0.864. The van der Waals surface area contributed by atoms with Crippen LogP contribution in [0.1, 0.15) is 98.4 Å². The van der Waals surface area contributed by atoms with Crippen molar-refractivity contribution in [3.05, 3.63) is 47.0 Å². The molecule has 1 aliphatic rings. The van der Waals surface area contributed by atoms with Crippen LogP contribution in [0.25, 0.3) is 0 Å². The molecule has 0 amide bonds. The number of aliphatic carboxylic acids is 1. The van der Waals surface area contributed by atoms with E-state index in [2.05, 4.69) is 0 Å². The Morgan fingerprint density at radius 2 is 1.82 bits per heavy atom. The highest BCUT2D eigenvalue weighted by Crippen LogP contribution is 2.40. The van der Waals surface area contributed by atoms with Gasteiger partial charge in [0, 0.05) is 18.1 Å². The first kappa shape index (κ1) is 29.0.